The zero-order chi connectivity index (χ0) is 18.1. The van der Waals surface area contributed by atoms with E-state index in [2.05, 4.69) is 20.5 Å². The lowest BCUT2D eigenvalue weighted by molar-refractivity contribution is 0.102. The number of hydrogen-bond donors (Lipinski definition) is 2. The molecule has 2 N–H and O–H groups in total. The fourth-order valence-electron chi connectivity index (χ4n) is 3.20. The normalized spacial score (nSPS) is 14.1. The predicted molar refractivity (Wildman–Crippen MR) is 107 cm³/mol. The number of fused-ring (bicyclic) bond motifs is 1. The molecular formula is C19H21ClFN5O. The van der Waals surface area contributed by atoms with Crippen LogP contribution in [0.3, 0.4) is 0 Å². The van der Waals surface area contributed by atoms with E-state index in [-0.39, 0.29) is 24.0 Å². The second-order valence-electron chi connectivity index (χ2n) is 6.43. The molecule has 3 heterocycles. The van der Waals surface area contributed by atoms with E-state index in [4.69, 9.17) is 0 Å². The van der Waals surface area contributed by atoms with E-state index in [9.17, 15) is 9.18 Å². The first kappa shape index (κ1) is 19.1. The Balaban J connectivity index is 0.00000210. The van der Waals surface area contributed by atoms with Crippen LogP contribution in [0, 0.1) is 12.7 Å². The average molecular weight is 390 g/mol. The molecule has 4 rings (SSSR count). The Morgan fingerprint density at radius 2 is 1.89 bits per heavy atom. The van der Waals surface area contributed by atoms with E-state index >= 15 is 0 Å². The minimum atomic E-state index is -0.468. The van der Waals surface area contributed by atoms with Crippen molar-refractivity contribution in [2.45, 2.75) is 6.92 Å². The quantitative estimate of drug-likeness (QED) is 0.723. The largest absolute Gasteiger partial charge is 0.369 e. The second kappa shape index (κ2) is 7.94. The van der Waals surface area contributed by atoms with Gasteiger partial charge in [-0.1, -0.05) is 0 Å². The van der Waals surface area contributed by atoms with Gasteiger partial charge in [-0.2, -0.15) is 0 Å². The van der Waals surface area contributed by atoms with Gasteiger partial charge in [0.15, 0.2) is 11.5 Å². The maximum Gasteiger partial charge on any atom is 0.255 e. The van der Waals surface area contributed by atoms with Crippen molar-refractivity contribution >= 4 is 35.3 Å². The second-order valence-corrected chi connectivity index (χ2v) is 6.43. The van der Waals surface area contributed by atoms with Gasteiger partial charge in [0.25, 0.3) is 5.91 Å². The molecule has 0 radical (unpaired) electrons. The van der Waals surface area contributed by atoms with Gasteiger partial charge in [-0.25, -0.2) is 9.37 Å². The fraction of sp³-hybridized carbons (Fsp3) is 0.263. The molecule has 0 aliphatic carbocycles. The van der Waals surface area contributed by atoms with Crippen molar-refractivity contribution < 1.29 is 9.18 Å². The van der Waals surface area contributed by atoms with Crippen LogP contribution in [0.4, 0.5) is 15.8 Å². The lowest BCUT2D eigenvalue weighted by Gasteiger charge is -2.29. The summed E-state index contributed by atoms with van der Waals surface area (Å²) < 4.78 is 15.7. The number of benzene rings is 1. The summed E-state index contributed by atoms with van der Waals surface area (Å²) in [5.41, 5.74) is 3.00. The van der Waals surface area contributed by atoms with E-state index in [0.717, 1.165) is 37.6 Å². The van der Waals surface area contributed by atoms with Crippen molar-refractivity contribution in [3.63, 3.8) is 0 Å². The molecule has 27 heavy (non-hydrogen) atoms. The van der Waals surface area contributed by atoms with Gasteiger partial charge < -0.3 is 19.9 Å². The molecule has 2 aromatic heterocycles. The molecule has 1 aliphatic heterocycles. The van der Waals surface area contributed by atoms with Crippen LogP contribution in [0.25, 0.3) is 5.65 Å². The van der Waals surface area contributed by atoms with Gasteiger partial charge in [0, 0.05) is 55.9 Å². The van der Waals surface area contributed by atoms with Gasteiger partial charge in [0.1, 0.15) is 0 Å². The minimum Gasteiger partial charge on any atom is -0.369 e. The Morgan fingerprint density at radius 3 is 2.59 bits per heavy atom. The Labute approximate surface area is 162 Å². The maximum absolute atomic E-state index is 14.1. The summed E-state index contributed by atoms with van der Waals surface area (Å²) in [5, 5.41) is 6.07. The number of halogens is 2. The summed E-state index contributed by atoms with van der Waals surface area (Å²) in [6.07, 6.45) is 3.38. The standard InChI is InChI=1S/C19H20FN5O.ClH/c1-13-11-25-12-15(10-17(20)18(25)22-13)23-19(26)14-2-4-16(5-3-14)24-8-6-21-7-9-24;/h2-5,10-12,21H,6-9H2,1H3,(H,23,26);1H. The first-order valence-corrected chi connectivity index (χ1v) is 8.62. The van der Waals surface area contributed by atoms with Gasteiger partial charge in [0.2, 0.25) is 0 Å². The number of hydrogen-bond acceptors (Lipinski definition) is 4. The smallest absolute Gasteiger partial charge is 0.255 e. The van der Waals surface area contributed by atoms with E-state index in [0.29, 0.717) is 11.3 Å². The molecule has 0 saturated carbocycles. The van der Waals surface area contributed by atoms with Gasteiger partial charge in [-0.05, 0) is 31.2 Å². The number of aryl methyl sites for hydroxylation is 1. The van der Waals surface area contributed by atoms with Crippen LogP contribution >= 0.6 is 12.4 Å². The topological polar surface area (TPSA) is 61.7 Å². The molecule has 6 nitrogen and oxygen atoms in total. The number of nitrogens with zero attached hydrogens (tertiary/aromatic N) is 3. The van der Waals surface area contributed by atoms with Crippen LogP contribution in [-0.2, 0) is 0 Å². The molecule has 1 aliphatic rings. The van der Waals surface area contributed by atoms with E-state index in [1.54, 1.807) is 35.9 Å². The Bertz CT molecular complexity index is 951. The van der Waals surface area contributed by atoms with Crippen molar-refractivity contribution in [1.29, 1.82) is 0 Å². The molecule has 1 aromatic carbocycles. The highest BCUT2D eigenvalue weighted by molar-refractivity contribution is 6.04. The third-order valence-electron chi connectivity index (χ3n) is 4.50. The zero-order valence-electron chi connectivity index (χ0n) is 14.9. The highest BCUT2D eigenvalue weighted by Gasteiger charge is 2.13. The Hall–Kier alpha value is -2.64. The fourth-order valence-corrected chi connectivity index (χ4v) is 3.20. The molecule has 1 saturated heterocycles. The van der Waals surface area contributed by atoms with E-state index < -0.39 is 5.82 Å². The number of pyridine rings is 1. The number of carbonyl (C=O) groups is 1. The van der Waals surface area contributed by atoms with E-state index in [1.807, 2.05) is 12.1 Å². The zero-order valence-corrected chi connectivity index (χ0v) is 15.7. The molecule has 0 atom stereocenters. The van der Waals surface area contributed by atoms with E-state index in [1.165, 1.54) is 6.07 Å². The maximum atomic E-state index is 14.1. The lowest BCUT2D eigenvalue weighted by Crippen LogP contribution is -2.43. The van der Waals surface area contributed by atoms with Crippen LogP contribution in [0.1, 0.15) is 16.1 Å². The van der Waals surface area contributed by atoms with Crippen molar-refractivity contribution in [3.05, 3.63) is 59.8 Å². The van der Waals surface area contributed by atoms with Crippen LogP contribution in [0.15, 0.2) is 42.7 Å². The summed E-state index contributed by atoms with van der Waals surface area (Å²) in [6, 6.07) is 8.77. The highest BCUT2D eigenvalue weighted by atomic mass is 35.5. The molecule has 8 heteroatoms. The molecule has 1 fully saturated rings. The number of nitrogens with one attached hydrogen (secondary N) is 2. The number of imidazole rings is 1. The number of anilines is 2. The van der Waals surface area contributed by atoms with Crippen LogP contribution in [-0.4, -0.2) is 41.5 Å². The Morgan fingerprint density at radius 1 is 1.19 bits per heavy atom. The number of piperazine rings is 1. The minimum absolute atomic E-state index is 0. The molecule has 1 amide bonds. The van der Waals surface area contributed by atoms with Crippen LogP contribution in [0.5, 0.6) is 0 Å². The summed E-state index contributed by atoms with van der Waals surface area (Å²) in [6.45, 7) is 5.63. The first-order chi connectivity index (χ1) is 12.6. The summed E-state index contributed by atoms with van der Waals surface area (Å²) in [7, 11) is 0. The number of amides is 1. The molecule has 0 bridgehead atoms. The van der Waals surface area contributed by atoms with Crippen molar-refractivity contribution in [3.8, 4) is 0 Å². The third kappa shape index (κ3) is 4.04. The van der Waals surface area contributed by atoms with Crippen molar-refractivity contribution in [2.75, 3.05) is 36.4 Å². The molecule has 0 spiro atoms. The molecule has 0 unspecified atom stereocenters. The lowest BCUT2D eigenvalue weighted by atomic mass is 10.1. The van der Waals surface area contributed by atoms with Gasteiger partial charge in [-0.3, -0.25) is 4.79 Å². The molecule has 142 valence electrons. The SMILES string of the molecule is Cc1cn2cc(NC(=O)c3ccc(N4CCNCC4)cc3)cc(F)c2n1.Cl. The molecule has 3 aromatic rings. The monoisotopic (exact) mass is 389 g/mol. The summed E-state index contributed by atoms with van der Waals surface area (Å²) in [4.78, 5) is 18.9. The van der Waals surface area contributed by atoms with Gasteiger partial charge >= 0.3 is 0 Å². The average Bonchev–Trinajstić information content (AvgIpc) is 3.03. The van der Waals surface area contributed by atoms with Crippen LogP contribution in [0.2, 0.25) is 0 Å². The first-order valence-electron chi connectivity index (χ1n) is 8.62. The third-order valence-corrected chi connectivity index (χ3v) is 4.50. The van der Waals surface area contributed by atoms with Gasteiger partial charge in [-0.15, -0.1) is 12.4 Å². The highest BCUT2D eigenvalue weighted by Crippen LogP contribution is 2.19. The van der Waals surface area contributed by atoms with Crippen LogP contribution < -0.4 is 15.5 Å². The predicted octanol–water partition coefficient (Wildman–Crippen LogP) is 2.87. The van der Waals surface area contributed by atoms with Crippen molar-refractivity contribution in [2.24, 2.45) is 0 Å². The Kier molecular flexibility index (Phi) is 5.62. The number of aromatic nitrogens is 2. The number of carbonyl (C=O) groups excluding carboxylic acids is 1. The number of rotatable bonds is 3. The summed E-state index contributed by atoms with van der Waals surface area (Å²) >= 11 is 0. The summed E-state index contributed by atoms with van der Waals surface area (Å²) in [5.74, 6) is -0.739. The van der Waals surface area contributed by atoms with Crippen molar-refractivity contribution in [1.82, 2.24) is 14.7 Å². The molecular weight excluding hydrogens is 369 g/mol. The van der Waals surface area contributed by atoms with Gasteiger partial charge in [0.05, 0.1) is 11.4 Å².